The van der Waals surface area contributed by atoms with E-state index in [1.807, 2.05) is 58.0 Å². The van der Waals surface area contributed by atoms with Gasteiger partial charge in [-0.2, -0.15) is 5.10 Å². The Kier molecular flexibility index (Phi) is 6.97. The van der Waals surface area contributed by atoms with Gasteiger partial charge in [-0.15, -0.1) is 0 Å². The van der Waals surface area contributed by atoms with E-state index in [0.717, 1.165) is 22.5 Å². The number of halogens is 1. The van der Waals surface area contributed by atoms with E-state index < -0.39 is 11.8 Å². The number of carbonyl (C=O) groups excluding carboxylic acids is 2. The standard InChI is InChI=1S/C23H25ClN4O3/c1-14(2)22-19(12-25-28(22)18-9-7-17(24)8-10-18)23(30)27-26-21(29)13-31-20-11-15(3)5-6-16(20)4/h5-12,14H,13H2,1-4H3,(H,26,29)(H,27,30). The Labute approximate surface area is 186 Å². The molecule has 1 heterocycles. The van der Waals surface area contributed by atoms with Crippen LogP contribution < -0.4 is 15.6 Å². The molecule has 2 amide bonds. The number of nitrogens with zero attached hydrogens (tertiary/aromatic N) is 2. The van der Waals surface area contributed by atoms with Crippen molar-refractivity contribution in [2.24, 2.45) is 0 Å². The molecule has 0 unspecified atom stereocenters. The Morgan fingerprint density at radius 2 is 1.81 bits per heavy atom. The van der Waals surface area contributed by atoms with Crippen molar-refractivity contribution < 1.29 is 14.3 Å². The van der Waals surface area contributed by atoms with E-state index in [0.29, 0.717) is 16.3 Å². The molecule has 162 valence electrons. The molecule has 8 heteroatoms. The zero-order chi connectivity index (χ0) is 22.5. The lowest BCUT2D eigenvalue weighted by Crippen LogP contribution is -2.44. The maximum absolute atomic E-state index is 12.7. The molecule has 0 bridgehead atoms. The smallest absolute Gasteiger partial charge is 0.276 e. The van der Waals surface area contributed by atoms with Crippen molar-refractivity contribution in [3.63, 3.8) is 0 Å². The molecule has 0 aliphatic rings. The van der Waals surface area contributed by atoms with Gasteiger partial charge in [0.2, 0.25) is 0 Å². The monoisotopic (exact) mass is 440 g/mol. The predicted molar refractivity (Wildman–Crippen MR) is 120 cm³/mol. The number of nitrogens with one attached hydrogen (secondary N) is 2. The molecule has 0 saturated carbocycles. The van der Waals surface area contributed by atoms with E-state index in [4.69, 9.17) is 16.3 Å². The first-order valence-electron chi connectivity index (χ1n) is 9.89. The van der Waals surface area contributed by atoms with Gasteiger partial charge >= 0.3 is 0 Å². The van der Waals surface area contributed by atoms with Gasteiger partial charge in [-0.1, -0.05) is 37.6 Å². The van der Waals surface area contributed by atoms with Crippen LogP contribution in [0.3, 0.4) is 0 Å². The highest BCUT2D eigenvalue weighted by Gasteiger charge is 2.21. The number of carbonyl (C=O) groups is 2. The summed E-state index contributed by atoms with van der Waals surface area (Å²) in [5.74, 6) is -0.274. The molecule has 3 rings (SSSR count). The first-order valence-corrected chi connectivity index (χ1v) is 10.3. The summed E-state index contributed by atoms with van der Waals surface area (Å²) < 4.78 is 7.26. The zero-order valence-electron chi connectivity index (χ0n) is 17.9. The summed E-state index contributed by atoms with van der Waals surface area (Å²) in [6.45, 7) is 7.57. The molecule has 2 N–H and O–H groups in total. The van der Waals surface area contributed by atoms with Crippen LogP contribution in [0.25, 0.3) is 5.69 Å². The second-order valence-corrected chi connectivity index (χ2v) is 7.98. The molecule has 0 saturated heterocycles. The summed E-state index contributed by atoms with van der Waals surface area (Å²) in [7, 11) is 0. The second kappa shape index (κ2) is 9.66. The van der Waals surface area contributed by atoms with Crippen LogP contribution in [-0.4, -0.2) is 28.2 Å². The van der Waals surface area contributed by atoms with Gasteiger partial charge in [-0.05, 0) is 61.2 Å². The summed E-state index contributed by atoms with van der Waals surface area (Å²) in [4.78, 5) is 24.8. The predicted octanol–water partition coefficient (Wildman–Crippen LogP) is 4.11. The lowest BCUT2D eigenvalue weighted by atomic mass is 10.1. The highest BCUT2D eigenvalue weighted by molar-refractivity contribution is 6.30. The number of hydrogen-bond donors (Lipinski definition) is 2. The number of hydrogen-bond acceptors (Lipinski definition) is 4. The van der Waals surface area contributed by atoms with Crippen molar-refractivity contribution in [1.82, 2.24) is 20.6 Å². The van der Waals surface area contributed by atoms with Gasteiger partial charge in [0.05, 0.1) is 23.1 Å². The molecule has 3 aromatic rings. The van der Waals surface area contributed by atoms with Crippen LogP contribution in [0.5, 0.6) is 5.75 Å². The first-order chi connectivity index (χ1) is 14.8. The lowest BCUT2D eigenvalue weighted by molar-refractivity contribution is -0.123. The number of hydrazine groups is 1. The SMILES string of the molecule is Cc1ccc(C)c(OCC(=O)NNC(=O)c2cnn(-c3ccc(Cl)cc3)c2C(C)C)c1. The van der Waals surface area contributed by atoms with Gasteiger partial charge in [-0.3, -0.25) is 20.4 Å². The Morgan fingerprint density at radius 3 is 2.48 bits per heavy atom. The minimum absolute atomic E-state index is 0.0160. The highest BCUT2D eigenvalue weighted by Crippen LogP contribution is 2.24. The lowest BCUT2D eigenvalue weighted by Gasteiger charge is -2.14. The van der Waals surface area contributed by atoms with E-state index in [-0.39, 0.29) is 12.5 Å². The van der Waals surface area contributed by atoms with Crippen LogP contribution in [0.1, 0.15) is 46.9 Å². The molecule has 0 spiro atoms. The van der Waals surface area contributed by atoms with Gasteiger partial charge < -0.3 is 4.74 Å². The Morgan fingerprint density at radius 1 is 1.10 bits per heavy atom. The Balaban J connectivity index is 1.65. The summed E-state index contributed by atoms with van der Waals surface area (Å²) >= 11 is 5.96. The van der Waals surface area contributed by atoms with E-state index in [1.165, 1.54) is 6.20 Å². The molecule has 31 heavy (non-hydrogen) atoms. The van der Waals surface area contributed by atoms with Crippen molar-refractivity contribution in [3.05, 3.63) is 76.1 Å². The minimum atomic E-state index is -0.467. The fraction of sp³-hybridized carbons (Fsp3) is 0.261. The third-order valence-corrected chi connectivity index (χ3v) is 4.94. The third kappa shape index (κ3) is 5.44. The second-order valence-electron chi connectivity index (χ2n) is 7.55. The quantitative estimate of drug-likeness (QED) is 0.565. The van der Waals surface area contributed by atoms with Gasteiger partial charge in [0, 0.05) is 5.02 Å². The number of rotatable bonds is 6. The average Bonchev–Trinajstić information content (AvgIpc) is 3.18. The molecule has 0 fully saturated rings. The largest absolute Gasteiger partial charge is 0.483 e. The maximum Gasteiger partial charge on any atom is 0.276 e. The molecule has 0 radical (unpaired) electrons. The Hall–Kier alpha value is -3.32. The summed E-state index contributed by atoms with van der Waals surface area (Å²) in [6, 6.07) is 12.9. The van der Waals surface area contributed by atoms with Gasteiger partial charge in [0.15, 0.2) is 6.61 Å². The van der Waals surface area contributed by atoms with Gasteiger partial charge in [0.25, 0.3) is 11.8 Å². The topological polar surface area (TPSA) is 85.2 Å². The molecule has 0 atom stereocenters. The van der Waals surface area contributed by atoms with Crippen LogP contribution in [0, 0.1) is 13.8 Å². The fourth-order valence-electron chi connectivity index (χ4n) is 3.11. The molecule has 0 aliphatic heterocycles. The average molecular weight is 441 g/mol. The molecule has 7 nitrogen and oxygen atoms in total. The van der Waals surface area contributed by atoms with Crippen molar-refractivity contribution in [3.8, 4) is 11.4 Å². The molecule has 2 aromatic carbocycles. The fourth-order valence-corrected chi connectivity index (χ4v) is 3.24. The van der Waals surface area contributed by atoms with Crippen molar-refractivity contribution in [1.29, 1.82) is 0 Å². The first kappa shape index (κ1) is 22.4. The summed E-state index contributed by atoms with van der Waals surface area (Å²) in [5.41, 5.74) is 8.68. The van der Waals surface area contributed by atoms with Crippen molar-refractivity contribution >= 4 is 23.4 Å². The molecule has 0 aliphatic carbocycles. The maximum atomic E-state index is 12.7. The van der Waals surface area contributed by atoms with E-state index in [2.05, 4.69) is 16.0 Å². The van der Waals surface area contributed by atoms with E-state index in [1.54, 1.807) is 16.8 Å². The summed E-state index contributed by atoms with van der Waals surface area (Å²) in [6.07, 6.45) is 1.48. The van der Waals surface area contributed by atoms with Crippen LogP contribution in [-0.2, 0) is 4.79 Å². The van der Waals surface area contributed by atoms with Gasteiger partial charge in [0.1, 0.15) is 5.75 Å². The van der Waals surface area contributed by atoms with Crippen molar-refractivity contribution in [2.75, 3.05) is 6.61 Å². The summed E-state index contributed by atoms with van der Waals surface area (Å²) in [5, 5.41) is 4.97. The molecule has 1 aromatic heterocycles. The number of aromatic nitrogens is 2. The zero-order valence-corrected chi connectivity index (χ0v) is 18.7. The third-order valence-electron chi connectivity index (χ3n) is 4.69. The molecular formula is C23H25ClN4O3. The van der Waals surface area contributed by atoms with Crippen LogP contribution >= 0.6 is 11.6 Å². The number of amides is 2. The normalized spacial score (nSPS) is 10.8. The highest BCUT2D eigenvalue weighted by atomic mass is 35.5. The Bertz CT molecular complexity index is 1090. The van der Waals surface area contributed by atoms with E-state index in [9.17, 15) is 9.59 Å². The van der Waals surface area contributed by atoms with Crippen molar-refractivity contribution in [2.45, 2.75) is 33.6 Å². The number of benzene rings is 2. The molecular weight excluding hydrogens is 416 g/mol. The van der Waals surface area contributed by atoms with Gasteiger partial charge in [-0.25, -0.2) is 4.68 Å². The van der Waals surface area contributed by atoms with E-state index >= 15 is 0 Å². The number of ether oxygens (including phenoxy) is 1. The minimum Gasteiger partial charge on any atom is -0.483 e. The van der Waals surface area contributed by atoms with Crippen LogP contribution in [0.4, 0.5) is 0 Å². The number of aryl methyl sites for hydroxylation is 2. The van der Waals surface area contributed by atoms with Crippen LogP contribution in [0.15, 0.2) is 48.7 Å². The van der Waals surface area contributed by atoms with Crippen LogP contribution in [0.2, 0.25) is 5.02 Å².